The maximum atomic E-state index is 13.4. The number of fused-ring (bicyclic) bond motifs is 1. The summed E-state index contributed by atoms with van der Waals surface area (Å²) in [5.41, 5.74) is -0.324. The minimum Gasteiger partial charge on any atom is -0.484 e. The van der Waals surface area contributed by atoms with E-state index in [1.165, 1.54) is 12.1 Å². The van der Waals surface area contributed by atoms with Crippen molar-refractivity contribution in [3.8, 4) is 5.75 Å². The molecular weight excluding hydrogens is 391 g/mol. The molecule has 1 aromatic rings. The second-order valence-corrected chi connectivity index (χ2v) is 8.12. The van der Waals surface area contributed by atoms with Gasteiger partial charge in [0.15, 0.2) is 13.0 Å². The summed E-state index contributed by atoms with van der Waals surface area (Å²) in [5, 5.41) is 20.9. The van der Waals surface area contributed by atoms with Gasteiger partial charge in [0.1, 0.15) is 17.6 Å². The quantitative estimate of drug-likeness (QED) is 0.444. The Kier molecular flexibility index (Phi) is 5.17. The number of hydrogen-bond acceptors (Lipinski definition) is 6. The molecule has 1 aliphatic heterocycles. The van der Waals surface area contributed by atoms with Gasteiger partial charge in [-0.2, -0.15) is 0 Å². The molecule has 2 bridgehead atoms. The smallest absolute Gasteiger partial charge is 0.258 e. The lowest BCUT2D eigenvalue weighted by molar-refractivity contribution is -0.126. The third-order valence-electron chi connectivity index (χ3n) is 5.67. The summed E-state index contributed by atoms with van der Waals surface area (Å²) in [7, 11) is 0. The molecule has 5 N–H and O–H groups in total. The fraction of sp³-hybridized carbons (Fsp3) is 0.556. The zero-order valence-corrected chi connectivity index (χ0v) is 15.8. The van der Waals surface area contributed by atoms with Crippen molar-refractivity contribution in [3.63, 3.8) is 0 Å². The topological polar surface area (TPSA) is 112 Å². The van der Waals surface area contributed by atoms with Gasteiger partial charge in [-0.25, -0.2) is 4.39 Å². The van der Waals surface area contributed by atoms with Crippen molar-refractivity contribution in [1.29, 1.82) is 0 Å². The number of aliphatic hydroxyl groups is 1. The van der Waals surface area contributed by atoms with E-state index in [4.69, 9.17) is 16.3 Å². The molecule has 4 aliphatic rings. The van der Waals surface area contributed by atoms with Crippen molar-refractivity contribution in [1.82, 2.24) is 21.3 Å². The Morgan fingerprint density at radius 2 is 2.14 bits per heavy atom. The van der Waals surface area contributed by atoms with Gasteiger partial charge in [0.05, 0.1) is 5.02 Å². The largest absolute Gasteiger partial charge is 0.484 e. The summed E-state index contributed by atoms with van der Waals surface area (Å²) in [5.74, 6) is -0.483. The molecular formula is C18H22ClFN4O4. The Morgan fingerprint density at radius 1 is 1.36 bits per heavy atom. The lowest BCUT2D eigenvalue weighted by atomic mass is 9.76. The number of aliphatic hydroxyl groups excluding tert-OH is 1. The molecule has 0 spiro atoms. The van der Waals surface area contributed by atoms with E-state index >= 15 is 0 Å². The van der Waals surface area contributed by atoms with Gasteiger partial charge in [0.25, 0.3) is 5.91 Å². The molecule has 10 heteroatoms. The van der Waals surface area contributed by atoms with E-state index in [9.17, 15) is 19.1 Å². The molecule has 3 atom stereocenters. The van der Waals surface area contributed by atoms with Crippen LogP contribution in [-0.2, 0) is 9.59 Å². The number of benzene rings is 1. The molecule has 2 amide bonds. The number of carbonyl (C=O) groups excluding carboxylic acids is 2. The normalized spacial score (nSPS) is 33.2. The molecule has 4 fully saturated rings. The third-order valence-corrected chi connectivity index (χ3v) is 5.98. The summed E-state index contributed by atoms with van der Waals surface area (Å²) in [6.45, 7) is 0.148. The second-order valence-electron chi connectivity index (χ2n) is 7.71. The molecule has 1 heterocycles. The Labute approximate surface area is 166 Å². The highest BCUT2D eigenvalue weighted by Crippen LogP contribution is 2.52. The first-order chi connectivity index (χ1) is 13.3. The van der Waals surface area contributed by atoms with Gasteiger partial charge in [-0.3, -0.25) is 20.2 Å². The summed E-state index contributed by atoms with van der Waals surface area (Å²) < 4.78 is 18.7. The minimum absolute atomic E-state index is 0.00128. The first kappa shape index (κ1) is 19.4. The molecule has 28 heavy (non-hydrogen) atoms. The summed E-state index contributed by atoms with van der Waals surface area (Å²) in [6.07, 6.45) is 1.40. The van der Waals surface area contributed by atoms with Crippen LogP contribution in [0.1, 0.15) is 19.3 Å². The summed E-state index contributed by atoms with van der Waals surface area (Å²) >= 11 is 5.62. The number of ether oxygens (including phenoxy) is 1. The van der Waals surface area contributed by atoms with Crippen molar-refractivity contribution in [3.05, 3.63) is 29.0 Å². The van der Waals surface area contributed by atoms with Gasteiger partial charge in [-0.1, -0.05) is 11.6 Å². The number of nitrogens with one attached hydrogen (secondary N) is 4. The van der Waals surface area contributed by atoms with E-state index in [0.717, 1.165) is 18.9 Å². The molecule has 8 nitrogen and oxygen atoms in total. The number of hydrogen-bond donors (Lipinski definition) is 5. The summed E-state index contributed by atoms with van der Waals surface area (Å²) in [6, 6.07) is 3.54. The van der Waals surface area contributed by atoms with Crippen molar-refractivity contribution >= 4 is 23.4 Å². The molecule has 1 saturated heterocycles. The van der Waals surface area contributed by atoms with Crippen LogP contribution in [-0.4, -0.2) is 54.0 Å². The van der Waals surface area contributed by atoms with Gasteiger partial charge in [-0.05, 0) is 37.3 Å². The Bertz CT molecular complexity index is 789. The van der Waals surface area contributed by atoms with Gasteiger partial charge in [-0.15, -0.1) is 0 Å². The predicted octanol–water partition coefficient (Wildman–Crippen LogP) is -0.151. The van der Waals surface area contributed by atoms with Crippen molar-refractivity contribution < 1.29 is 23.8 Å². The fourth-order valence-corrected chi connectivity index (χ4v) is 4.46. The van der Waals surface area contributed by atoms with E-state index in [1.807, 2.05) is 0 Å². The van der Waals surface area contributed by atoms with Gasteiger partial charge in [0, 0.05) is 24.2 Å². The number of halogens is 2. The molecule has 0 aromatic heterocycles. The lowest BCUT2D eigenvalue weighted by Gasteiger charge is -2.39. The zero-order valence-electron chi connectivity index (χ0n) is 15.0. The first-order valence-electron chi connectivity index (χ1n) is 9.20. The van der Waals surface area contributed by atoms with Crippen LogP contribution in [0.25, 0.3) is 0 Å². The van der Waals surface area contributed by atoms with Gasteiger partial charge < -0.3 is 20.5 Å². The van der Waals surface area contributed by atoms with Crippen LogP contribution in [0.5, 0.6) is 5.75 Å². The average molecular weight is 413 g/mol. The van der Waals surface area contributed by atoms with Crippen molar-refractivity contribution in [2.45, 2.75) is 43.2 Å². The van der Waals surface area contributed by atoms with E-state index in [-0.39, 0.29) is 40.8 Å². The van der Waals surface area contributed by atoms with Crippen molar-refractivity contribution in [2.75, 3.05) is 13.2 Å². The van der Waals surface area contributed by atoms with Crippen LogP contribution in [0.4, 0.5) is 4.39 Å². The molecule has 3 aliphatic carbocycles. The standard InChI is InChI=1S/C18H22ClFN4O4/c19-11-2-1-10(3-12(11)20)28-8-15(25)24-18-4-9(5-18)13(6-18)22-16(26)14-7-21-17(27)23-14/h1-3,9,13-14,17,21,23,27H,4-8H2,(H,22,26)(H,24,25). The molecule has 1 aromatic carbocycles. The molecule has 3 unspecified atom stereocenters. The predicted molar refractivity (Wildman–Crippen MR) is 98.0 cm³/mol. The van der Waals surface area contributed by atoms with E-state index in [1.54, 1.807) is 0 Å². The highest BCUT2D eigenvalue weighted by molar-refractivity contribution is 6.30. The van der Waals surface area contributed by atoms with Crippen LogP contribution in [0, 0.1) is 11.7 Å². The Morgan fingerprint density at radius 3 is 2.82 bits per heavy atom. The number of carbonyl (C=O) groups is 2. The number of rotatable bonds is 6. The Hall–Kier alpha value is -1.94. The average Bonchev–Trinajstić information content (AvgIpc) is 3.28. The summed E-state index contributed by atoms with van der Waals surface area (Å²) in [4.78, 5) is 24.5. The maximum Gasteiger partial charge on any atom is 0.258 e. The van der Waals surface area contributed by atoms with Crippen LogP contribution >= 0.6 is 11.6 Å². The van der Waals surface area contributed by atoms with Gasteiger partial charge >= 0.3 is 0 Å². The first-order valence-corrected chi connectivity index (χ1v) is 9.58. The van der Waals surface area contributed by atoms with E-state index < -0.39 is 18.2 Å². The molecule has 3 saturated carbocycles. The SMILES string of the molecule is O=C(COc1ccc(Cl)c(F)c1)NC12CC(C1)C(NC(=O)C1CNC(O)N1)C2. The lowest BCUT2D eigenvalue weighted by Crippen LogP contribution is -2.53. The van der Waals surface area contributed by atoms with Crippen LogP contribution < -0.4 is 26.0 Å². The van der Waals surface area contributed by atoms with E-state index in [0.29, 0.717) is 18.9 Å². The highest BCUT2D eigenvalue weighted by Gasteiger charge is 2.57. The van der Waals surface area contributed by atoms with Gasteiger partial charge in [0.2, 0.25) is 5.91 Å². The second kappa shape index (κ2) is 7.47. The number of amides is 2. The minimum atomic E-state index is -0.868. The van der Waals surface area contributed by atoms with Crippen LogP contribution in [0.2, 0.25) is 5.02 Å². The maximum absolute atomic E-state index is 13.4. The zero-order chi connectivity index (χ0) is 19.9. The third kappa shape index (κ3) is 3.93. The molecule has 5 rings (SSSR count). The van der Waals surface area contributed by atoms with E-state index in [2.05, 4.69) is 21.3 Å². The molecule has 152 valence electrons. The highest BCUT2D eigenvalue weighted by atomic mass is 35.5. The van der Waals surface area contributed by atoms with Crippen molar-refractivity contribution in [2.24, 2.45) is 5.92 Å². The fourth-order valence-electron chi connectivity index (χ4n) is 4.34. The monoisotopic (exact) mass is 412 g/mol. The van der Waals surface area contributed by atoms with Crippen LogP contribution in [0.15, 0.2) is 18.2 Å². The molecule has 0 radical (unpaired) electrons. The Balaban J connectivity index is 1.24. The van der Waals surface area contributed by atoms with Crippen LogP contribution in [0.3, 0.4) is 0 Å².